The van der Waals surface area contributed by atoms with Gasteiger partial charge in [-0.25, -0.2) is 0 Å². The molecule has 0 aliphatic rings. The first-order chi connectivity index (χ1) is 7.70. The largest absolute Gasteiger partial charge is 0.379 e. The van der Waals surface area contributed by atoms with Gasteiger partial charge in [-0.1, -0.05) is 30.7 Å². The van der Waals surface area contributed by atoms with Gasteiger partial charge in [0.1, 0.15) is 0 Å². The van der Waals surface area contributed by atoms with E-state index in [1.165, 1.54) is 0 Å². The molecular formula is C12H19ClN2O. The molecule has 16 heavy (non-hydrogen) atoms. The highest BCUT2D eigenvalue weighted by molar-refractivity contribution is 6.31. The van der Waals surface area contributed by atoms with E-state index in [1.807, 2.05) is 25.1 Å². The summed E-state index contributed by atoms with van der Waals surface area (Å²) < 4.78 is 5.50. The number of nitrogens with two attached hydrogens (primary N) is 1. The number of hydrogen-bond donors (Lipinski definition) is 2. The third-order valence-corrected chi connectivity index (χ3v) is 2.93. The Morgan fingerprint density at radius 1 is 1.50 bits per heavy atom. The molecule has 0 radical (unpaired) electrons. The van der Waals surface area contributed by atoms with Crippen LogP contribution in [0.4, 0.5) is 0 Å². The summed E-state index contributed by atoms with van der Waals surface area (Å²) in [6.07, 6.45) is 1.01. The zero-order chi connectivity index (χ0) is 12.0. The molecular weight excluding hydrogens is 224 g/mol. The van der Waals surface area contributed by atoms with Crippen molar-refractivity contribution in [1.29, 1.82) is 0 Å². The standard InChI is InChI=1S/C12H19ClN2O/c1-3-7-16-8-12(15-14)10-5-4-6-11(13)9(10)2/h4-6,12,15H,3,7-8,14H2,1-2H3. The highest BCUT2D eigenvalue weighted by Gasteiger charge is 2.13. The highest BCUT2D eigenvalue weighted by Crippen LogP contribution is 2.24. The number of benzene rings is 1. The Kier molecular flexibility index (Phi) is 5.77. The summed E-state index contributed by atoms with van der Waals surface area (Å²) in [6.45, 7) is 5.38. The minimum Gasteiger partial charge on any atom is -0.379 e. The smallest absolute Gasteiger partial charge is 0.0696 e. The van der Waals surface area contributed by atoms with E-state index in [0.717, 1.165) is 29.2 Å². The fourth-order valence-corrected chi connectivity index (χ4v) is 1.76. The van der Waals surface area contributed by atoms with Gasteiger partial charge in [0.05, 0.1) is 12.6 Å². The quantitative estimate of drug-likeness (QED) is 0.458. The van der Waals surface area contributed by atoms with Crippen LogP contribution in [0.15, 0.2) is 18.2 Å². The molecule has 1 atom stereocenters. The molecule has 0 fully saturated rings. The first-order valence-electron chi connectivity index (χ1n) is 5.49. The van der Waals surface area contributed by atoms with Crippen LogP contribution in [-0.2, 0) is 4.74 Å². The number of rotatable bonds is 6. The van der Waals surface area contributed by atoms with E-state index in [9.17, 15) is 0 Å². The van der Waals surface area contributed by atoms with Gasteiger partial charge in [-0.15, -0.1) is 0 Å². The first kappa shape index (κ1) is 13.5. The van der Waals surface area contributed by atoms with E-state index in [-0.39, 0.29) is 6.04 Å². The Balaban J connectivity index is 2.74. The Bertz CT molecular complexity index is 331. The number of nitrogens with one attached hydrogen (secondary N) is 1. The molecule has 1 aromatic carbocycles. The summed E-state index contributed by atoms with van der Waals surface area (Å²) in [7, 11) is 0. The fourth-order valence-electron chi connectivity index (χ4n) is 1.57. The molecule has 0 bridgehead atoms. The molecule has 0 saturated carbocycles. The van der Waals surface area contributed by atoms with Crippen LogP contribution in [0.1, 0.15) is 30.5 Å². The number of hydrogen-bond acceptors (Lipinski definition) is 3. The second-order valence-electron chi connectivity index (χ2n) is 3.75. The van der Waals surface area contributed by atoms with Crippen LogP contribution in [0.25, 0.3) is 0 Å². The van der Waals surface area contributed by atoms with Crippen molar-refractivity contribution in [2.75, 3.05) is 13.2 Å². The summed E-state index contributed by atoms with van der Waals surface area (Å²) in [5, 5.41) is 0.758. The van der Waals surface area contributed by atoms with Crippen LogP contribution in [0.2, 0.25) is 5.02 Å². The molecule has 1 rings (SSSR count). The van der Waals surface area contributed by atoms with Crippen molar-refractivity contribution >= 4 is 11.6 Å². The predicted molar refractivity (Wildman–Crippen MR) is 67.4 cm³/mol. The normalized spacial score (nSPS) is 12.8. The van der Waals surface area contributed by atoms with Crippen molar-refractivity contribution in [3.05, 3.63) is 34.3 Å². The predicted octanol–water partition coefficient (Wildman–Crippen LogP) is 2.58. The van der Waals surface area contributed by atoms with Gasteiger partial charge in [0.15, 0.2) is 0 Å². The maximum Gasteiger partial charge on any atom is 0.0696 e. The average Bonchev–Trinajstić information content (AvgIpc) is 2.29. The Labute approximate surface area is 102 Å². The highest BCUT2D eigenvalue weighted by atomic mass is 35.5. The Morgan fingerprint density at radius 3 is 2.88 bits per heavy atom. The van der Waals surface area contributed by atoms with Gasteiger partial charge >= 0.3 is 0 Å². The molecule has 4 heteroatoms. The molecule has 0 aliphatic carbocycles. The van der Waals surface area contributed by atoms with Gasteiger partial charge in [0, 0.05) is 11.6 Å². The monoisotopic (exact) mass is 242 g/mol. The van der Waals surface area contributed by atoms with Gasteiger partial charge in [-0.2, -0.15) is 0 Å². The zero-order valence-electron chi connectivity index (χ0n) is 9.79. The fraction of sp³-hybridized carbons (Fsp3) is 0.500. The van der Waals surface area contributed by atoms with Crippen LogP contribution in [0.3, 0.4) is 0 Å². The minimum absolute atomic E-state index is 0.00903. The van der Waals surface area contributed by atoms with E-state index < -0.39 is 0 Å². The lowest BCUT2D eigenvalue weighted by Gasteiger charge is -2.19. The van der Waals surface area contributed by atoms with Gasteiger partial charge in [0.2, 0.25) is 0 Å². The van der Waals surface area contributed by atoms with Crippen LogP contribution >= 0.6 is 11.6 Å². The third-order valence-electron chi connectivity index (χ3n) is 2.52. The second kappa shape index (κ2) is 6.86. The Morgan fingerprint density at radius 2 is 2.25 bits per heavy atom. The number of halogens is 1. The van der Waals surface area contributed by atoms with Gasteiger partial charge < -0.3 is 4.74 Å². The summed E-state index contributed by atoms with van der Waals surface area (Å²) in [4.78, 5) is 0. The van der Waals surface area contributed by atoms with Crippen LogP contribution < -0.4 is 11.3 Å². The van der Waals surface area contributed by atoms with Crippen molar-refractivity contribution < 1.29 is 4.74 Å². The van der Waals surface area contributed by atoms with E-state index in [0.29, 0.717) is 6.61 Å². The lowest BCUT2D eigenvalue weighted by Crippen LogP contribution is -2.32. The molecule has 1 aromatic rings. The second-order valence-corrected chi connectivity index (χ2v) is 4.16. The van der Waals surface area contributed by atoms with Gasteiger partial charge in [0.25, 0.3) is 0 Å². The van der Waals surface area contributed by atoms with E-state index >= 15 is 0 Å². The van der Waals surface area contributed by atoms with E-state index in [4.69, 9.17) is 22.2 Å². The van der Waals surface area contributed by atoms with E-state index in [2.05, 4.69) is 12.3 Å². The first-order valence-corrected chi connectivity index (χ1v) is 5.87. The third kappa shape index (κ3) is 3.46. The molecule has 0 heterocycles. The minimum atomic E-state index is -0.00903. The van der Waals surface area contributed by atoms with Gasteiger partial charge in [-0.05, 0) is 30.5 Å². The molecule has 0 spiro atoms. The summed E-state index contributed by atoms with van der Waals surface area (Å²) in [5.74, 6) is 5.53. The van der Waals surface area contributed by atoms with Gasteiger partial charge in [-0.3, -0.25) is 11.3 Å². The number of ether oxygens (including phenoxy) is 1. The molecule has 90 valence electrons. The zero-order valence-corrected chi connectivity index (χ0v) is 10.6. The van der Waals surface area contributed by atoms with Crippen molar-refractivity contribution in [2.24, 2.45) is 5.84 Å². The summed E-state index contributed by atoms with van der Waals surface area (Å²) in [5.41, 5.74) is 4.90. The lowest BCUT2D eigenvalue weighted by atomic mass is 10.0. The maximum atomic E-state index is 6.07. The molecule has 0 saturated heterocycles. The van der Waals surface area contributed by atoms with Crippen LogP contribution in [0.5, 0.6) is 0 Å². The SMILES string of the molecule is CCCOCC(NN)c1cccc(Cl)c1C. The number of hydrazine groups is 1. The summed E-state index contributed by atoms with van der Waals surface area (Å²) in [6, 6.07) is 5.81. The Hall–Kier alpha value is -0.610. The van der Waals surface area contributed by atoms with Crippen molar-refractivity contribution in [3.8, 4) is 0 Å². The topological polar surface area (TPSA) is 47.3 Å². The van der Waals surface area contributed by atoms with Crippen LogP contribution in [-0.4, -0.2) is 13.2 Å². The van der Waals surface area contributed by atoms with Crippen LogP contribution in [0, 0.1) is 6.92 Å². The van der Waals surface area contributed by atoms with Crippen molar-refractivity contribution in [1.82, 2.24) is 5.43 Å². The molecule has 3 N–H and O–H groups in total. The molecule has 0 aromatic heterocycles. The van der Waals surface area contributed by atoms with Crippen molar-refractivity contribution in [2.45, 2.75) is 26.3 Å². The molecule has 3 nitrogen and oxygen atoms in total. The molecule has 1 unspecified atom stereocenters. The lowest BCUT2D eigenvalue weighted by molar-refractivity contribution is 0.112. The van der Waals surface area contributed by atoms with Crippen molar-refractivity contribution in [3.63, 3.8) is 0 Å². The summed E-state index contributed by atoms with van der Waals surface area (Å²) >= 11 is 6.07. The maximum absolute atomic E-state index is 6.07. The van der Waals surface area contributed by atoms with E-state index in [1.54, 1.807) is 0 Å². The average molecular weight is 243 g/mol. The molecule has 0 amide bonds. The molecule has 0 aliphatic heterocycles.